The summed E-state index contributed by atoms with van der Waals surface area (Å²) in [4.78, 5) is 4.55. The van der Waals surface area contributed by atoms with E-state index in [0.717, 1.165) is 50.0 Å². The standard InChI is InChI=1S/C45H27N3O/c1-2-10-30-25-41-38(24-29(30)9-1)36-20-21-40-44(45(36)48(41)33-13-8-22-46-27-33)37-15-3-5-16-39(37)47(40)32-12-7-11-28(23-32)31-18-19-35-34-14-4-6-17-42(34)49-43(35)26-31/h1-27H. The van der Waals surface area contributed by atoms with E-state index in [2.05, 4.69) is 148 Å². The molecule has 0 fully saturated rings. The molecule has 0 spiro atoms. The lowest BCUT2D eigenvalue weighted by Gasteiger charge is -2.11. The Hall–Kier alpha value is -6.65. The van der Waals surface area contributed by atoms with Crippen molar-refractivity contribution in [3.63, 3.8) is 0 Å². The topological polar surface area (TPSA) is 35.9 Å². The highest BCUT2D eigenvalue weighted by Crippen LogP contribution is 2.43. The molecular formula is C45H27N3O. The normalized spacial score (nSPS) is 12.1. The van der Waals surface area contributed by atoms with Crippen LogP contribution in [0.3, 0.4) is 0 Å². The Morgan fingerprint density at radius 2 is 1.18 bits per heavy atom. The first-order chi connectivity index (χ1) is 24.3. The van der Waals surface area contributed by atoms with Crippen LogP contribution in [0.2, 0.25) is 0 Å². The van der Waals surface area contributed by atoms with E-state index in [9.17, 15) is 0 Å². The molecule has 0 N–H and O–H groups in total. The summed E-state index contributed by atoms with van der Waals surface area (Å²) in [7, 11) is 0. The number of aromatic nitrogens is 3. The molecule has 0 aliphatic rings. The first kappa shape index (κ1) is 26.4. The number of fused-ring (bicyclic) bond motifs is 11. The Bertz CT molecular complexity index is 3110. The Morgan fingerprint density at radius 3 is 2.08 bits per heavy atom. The van der Waals surface area contributed by atoms with Crippen molar-refractivity contribution in [1.82, 2.24) is 14.1 Å². The Labute approximate surface area is 280 Å². The molecule has 49 heavy (non-hydrogen) atoms. The van der Waals surface area contributed by atoms with Crippen LogP contribution in [0.4, 0.5) is 0 Å². The average molecular weight is 626 g/mol. The lowest BCUT2D eigenvalue weighted by molar-refractivity contribution is 0.669. The third kappa shape index (κ3) is 3.77. The van der Waals surface area contributed by atoms with Gasteiger partial charge in [-0.25, -0.2) is 0 Å². The molecule has 4 heteroatoms. The van der Waals surface area contributed by atoms with Gasteiger partial charge in [0.2, 0.25) is 0 Å². The molecular weight excluding hydrogens is 599 g/mol. The first-order valence-corrected chi connectivity index (χ1v) is 16.6. The molecule has 0 bridgehead atoms. The molecule has 4 nitrogen and oxygen atoms in total. The number of nitrogens with zero attached hydrogens (tertiary/aromatic N) is 3. The van der Waals surface area contributed by atoms with E-state index in [-0.39, 0.29) is 0 Å². The predicted molar refractivity (Wildman–Crippen MR) is 203 cm³/mol. The van der Waals surface area contributed by atoms with Gasteiger partial charge in [-0.2, -0.15) is 0 Å². The molecule has 0 aliphatic carbocycles. The summed E-state index contributed by atoms with van der Waals surface area (Å²) in [5.41, 5.74) is 10.9. The van der Waals surface area contributed by atoms with Gasteiger partial charge in [-0.15, -0.1) is 0 Å². The smallest absolute Gasteiger partial charge is 0.136 e. The van der Waals surface area contributed by atoms with Gasteiger partial charge in [-0.05, 0) is 88.6 Å². The molecule has 4 heterocycles. The van der Waals surface area contributed by atoms with E-state index in [1.807, 2.05) is 30.6 Å². The second kappa shape index (κ2) is 9.93. The summed E-state index contributed by atoms with van der Waals surface area (Å²) in [5.74, 6) is 0. The Morgan fingerprint density at radius 1 is 0.429 bits per heavy atom. The van der Waals surface area contributed by atoms with Crippen molar-refractivity contribution in [2.24, 2.45) is 0 Å². The van der Waals surface area contributed by atoms with Crippen LogP contribution in [0.5, 0.6) is 0 Å². The zero-order valence-electron chi connectivity index (χ0n) is 26.3. The number of hydrogen-bond acceptors (Lipinski definition) is 2. The maximum absolute atomic E-state index is 6.26. The largest absolute Gasteiger partial charge is 0.456 e. The molecule has 0 aliphatic heterocycles. The highest BCUT2D eigenvalue weighted by atomic mass is 16.3. The van der Waals surface area contributed by atoms with E-state index in [1.165, 1.54) is 48.9 Å². The molecule has 0 radical (unpaired) electrons. The molecule has 11 aromatic rings. The Kier molecular flexibility index (Phi) is 5.35. The molecule has 0 saturated carbocycles. The van der Waals surface area contributed by atoms with Crippen LogP contribution in [-0.2, 0) is 0 Å². The van der Waals surface area contributed by atoms with Crippen molar-refractivity contribution in [3.05, 3.63) is 164 Å². The average Bonchev–Trinajstić information content (AvgIpc) is 3.81. The van der Waals surface area contributed by atoms with Gasteiger partial charge in [0.25, 0.3) is 0 Å². The quantitative estimate of drug-likeness (QED) is 0.196. The monoisotopic (exact) mass is 625 g/mol. The van der Waals surface area contributed by atoms with E-state index in [0.29, 0.717) is 0 Å². The highest BCUT2D eigenvalue weighted by Gasteiger charge is 2.21. The third-order valence-corrected chi connectivity index (χ3v) is 10.2. The van der Waals surface area contributed by atoms with Gasteiger partial charge >= 0.3 is 0 Å². The fourth-order valence-electron chi connectivity index (χ4n) is 8.00. The summed E-state index contributed by atoms with van der Waals surface area (Å²) in [5, 5.41) is 9.65. The summed E-state index contributed by atoms with van der Waals surface area (Å²) >= 11 is 0. The predicted octanol–water partition coefficient (Wildman–Crippen LogP) is 12.0. The van der Waals surface area contributed by atoms with Crippen LogP contribution in [0.15, 0.2) is 168 Å². The number of pyridine rings is 1. The zero-order chi connectivity index (χ0) is 32.1. The number of para-hydroxylation sites is 2. The lowest BCUT2D eigenvalue weighted by Crippen LogP contribution is -1.96. The molecule has 11 rings (SSSR count). The summed E-state index contributed by atoms with van der Waals surface area (Å²) < 4.78 is 11.1. The molecule has 4 aromatic heterocycles. The zero-order valence-corrected chi connectivity index (χ0v) is 26.3. The van der Waals surface area contributed by atoms with Gasteiger partial charge < -0.3 is 13.6 Å². The van der Waals surface area contributed by atoms with Gasteiger partial charge in [0.15, 0.2) is 0 Å². The van der Waals surface area contributed by atoms with Crippen molar-refractivity contribution < 1.29 is 4.42 Å². The van der Waals surface area contributed by atoms with Crippen molar-refractivity contribution >= 4 is 76.3 Å². The van der Waals surface area contributed by atoms with Crippen molar-refractivity contribution in [2.45, 2.75) is 0 Å². The number of benzene rings is 7. The first-order valence-electron chi connectivity index (χ1n) is 16.6. The fourth-order valence-corrected chi connectivity index (χ4v) is 8.00. The van der Waals surface area contributed by atoms with Crippen LogP contribution in [0.1, 0.15) is 0 Å². The highest BCUT2D eigenvalue weighted by molar-refractivity contribution is 6.27. The molecule has 0 atom stereocenters. The minimum Gasteiger partial charge on any atom is -0.456 e. The minimum atomic E-state index is 0.902. The summed E-state index contributed by atoms with van der Waals surface area (Å²) in [6.45, 7) is 0. The molecule has 7 aromatic carbocycles. The van der Waals surface area contributed by atoms with Crippen LogP contribution < -0.4 is 0 Å². The van der Waals surface area contributed by atoms with Crippen LogP contribution in [0, 0.1) is 0 Å². The van der Waals surface area contributed by atoms with Gasteiger partial charge in [0.1, 0.15) is 11.2 Å². The van der Waals surface area contributed by atoms with Crippen molar-refractivity contribution in [1.29, 1.82) is 0 Å². The van der Waals surface area contributed by atoms with Gasteiger partial charge in [0, 0.05) is 44.2 Å². The van der Waals surface area contributed by atoms with Crippen molar-refractivity contribution in [3.8, 4) is 22.5 Å². The van der Waals surface area contributed by atoms with Crippen LogP contribution in [-0.4, -0.2) is 14.1 Å². The van der Waals surface area contributed by atoms with Crippen LogP contribution >= 0.6 is 0 Å². The summed E-state index contributed by atoms with van der Waals surface area (Å²) in [6.07, 6.45) is 3.81. The number of furan rings is 1. The number of rotatable bonds is 3. The van der Waals surface area contributed by atoms with E-state index in [1.54, 1.807) is 0 Å². The second-order valence-electron chi connectivity index (χ2n) is 12.8. The molecule has 228 valence electrons. The molecule has 0 amide bonds. The lowest BCUT2D eigenvalue weighted by atomic mass is 10.0. The SMILES string of the molecule is c1cc(-c2ccc3c(c2)oc2ccccc23)cc(-n2c3ccccc3c3c2ccc2c4cc5ccccc5cc4n(-c4cccnc4)c23)c1. The maximum Gasteiger partial charge on any atom is 0.136 e. The maximum atomic E-state index is 6.26. The Balaban J connectivity index is 1.20. The molecule has 0 unspecified atom stereocenters. The van der Waals surface area contributed by atoms with Gasteiger partial charge in [-0.3, -0.25) is 4.98 Å². The van der Waals surface area contributed by atoms with Crippen LogP contribution in [0.25, 0.3) is 98.8 Å². The van der Waals surface area contributed by atoms with E-state index < -0.39 is 0 Å². The molecule has 0 saturated heterocycles. The van der Waals surface area contributed by atoms with Gasteiger partial charge in [0.05, 0.1) is 34.0 Å². The van der Waals surface area contributed by atoms with E-state index in [4.69, 9.17) is 4.42 Å². The summed E-state index contributed by atoms with van der Waals surface area (Å²) in [6, 6.07) is 54.5. The van der Waals surface area contributed by atoms with Crippen molar-refractivity contribution in [2.75, 3.05) is 0 Å². The second-order valence-corrected chi connectivity index (χ2v) is 12.8. The van der Waals surface area contributed by atoms with E-state index >= 15 is 0 Å². The van der Waals surface area contributed by atoms with Gasteiger partial charge in [-0.1, -0.05) is 84.9 Å². The number of hydrogen-bond donors (Lipinski definition) is 0. The third-order valence-electron chi connectivity index (χ3n) is 10.2. The minimum absolute atomic E-state index is 0.902. The fraction of sp³-hybridized carbons (Fsp3) is 0.